The lowest BCUT2D eigenvalue weighted by Gasteiger charge is -2.32. The maximum atomic E-state index is 6.09. The molecule has 1 unspecified atom stereocenters. The van der Waals surface area contributed by atoms with E-state index in [1.807, 2.05) is 6.20 Å². The molecule has 18 heavy (non-hydrogen) atoms. The van der Waals surface area contributed by atoms with Crippen LogP contribution in [-0.4, -0.2) is 28.1 Å². The minimum absolute atomic E-state index is 0.274. The summed E-state index contributed by atoms with van der Waals surface area (Å²) in [5.41, 5.74) is 1.83. The molecule has 5 heteroatoms. The molecule has 1 atom stereocenters. The fraction of sp³-hybridized carbons (Fsp3) is 0.769. The Bertz CT molecular complexity index is 465. The second-order valence-electron chi connectivity index (χ2n) is 6.63. The third-order valence-electron chi connectivity index (χ3n) is 4.51. The van der Waals surface area contributed by atoms with Crippen molar-refractivity contribution in [1.29, 1.82) is 0 Å². The molecular formula is C13H21BN2O2. The van der Waals surface area contributed by atoms with Crippen molar-refractivity contribution < 1.29 is 9.31 Å². The standard InChI is InChI=1S/C13H21BN2O2/c1-9-6-11-10(7-15-16(11)8-9)14-17-12(2,3)13(4,5)18-14/h7,9H,6,8H2,1-5H3. The minimum Gasteiger partial charge on any atom is -0.399 e. The molecule has 98 valence electrons. The minimum atomic E-state index is -0.281. The van der Waals surface area contributed by atoms with Crippen LogP contribution < -0.4 is 5.46 Å². The van der Waals surface area contributed by atoms with Crippen LogP contribution in [0.5, 0.6) is 0 Å². The normalized spacial score (nSPS) is 28.7. The van der Waals surface area contributed by atoms with Gasteiger partial charge in [-0.1, -0.05) is 6.92 Å². The molecule has 0 spiro atoms. The molecule has 2 aliphatic rings. The van der Waals surface area contributed by atoms with E-state index in [1.54, 1.807) is 0 Å². The van der Waals surface area contributed by atoms with Crippen molar-refractivity contribution in [3.8, 4) is 0 Å². The number of rotatable bonds is 1. The van der Waals surface area contributed by atoms with Crippen molar-refractivity contribution in [2.24, 2.45) is 5.92 Å². The van der Waals surface area contributed by atoms with Gasteiger partial charge in [0.15, 0.2) is 0 Å². The highest BCUT2D eigenvalue weighted by atomic mass is 16.7. The zero-order valence-corrected chi connectivity index (χ0v) is 11.9. The van der Waals surface area contributed by atoms with E-state index in [-0.39, 0.29) is 18.3 Å². The van der Waals surface area contributed by atoms with E-state index in [9.17, 15) is 0 Å². The second kappa shape index (κ2) is 3.61. The summed E-state index contributed by atoms with van der Waals surface area (Å²) in [6.45, 7) is 11.6. The average Bonchev–Trinajstić information content (AvgIpc) is 2.78. The lowest BCUT2D eigenvalue weighted by atomic mass is 9.78. The molecule has 0 aliphatic carbocycles. The number of hydrogen-bond acceptors (Lipinski definition) is 3. The molecule has 4 nitrogen and oxygen atoms in total. The lowest BCUT2D eigenvalue weighted by Crippen LogP contribution is -2.41. The molecule has 1 aromatic rings. The monoisotopic (exact) mass is 248 g/mol. The molecular weight excluding hydrogens is 227 g/mol. The van der Waals surface area contributed by atoms with Crippen LogP contribution in [0.15, 0.2) is 6.20 Å². The molecule has 3 heterocycles. The summed E-state index contributed by atoms with van der Waals surface area (Å²) in [6, 6.07) is 0. The van der Waals surface area contributed by atoms with Gasteiger partial charge in [-0.2, -0.15) is 5.10 Å². The Hall–Kier alpha value is -0.805. The van der Waals surface area contributed by atoms with Gasteiger partial charge in [-0.15, -0.1) is 0 Å². The highest BCUT2D eigenvalue weighted by Gasteiger charge is 2.53. The summed E-state index contributed by atoms with van der Waals surface area (Å²) >= 11 is 0. The van der Waals surface area contributed by atoms with Crippen LogP contribution >= 0.6 is 0 Å². The Labute approximate surface area is 109 Å². The fourth-order valence-corrected chi connectivity index (χ4v) is 2.66. The number of nitrogens with zero attached hydrogens (tertiary/aromatic N) is 2. The van der Waals surface area contributed by atoms with Crippen molar-refractivity contribution in [2.75, 3.05) is 0 Å². The topological polar surface area (TPSA) is 36.3 Å². The Morgan fingerprint density at radius 1 is 1.28 bits per heavy atom. The van der Waals surface area contributed by atoms with Crippen LogP contribution in [0.3, 0.4) is 0 Å². The van der Waals surface area contributed by atoms with E-state index in [4.69, 9.17) is 9.31 Å². The van der Waals surface area contributed by atoms with E-state index < -0.39 is 0 Å². The molecule has 1 saturated heterocycles. The molecule has 2 aliphatic heterocycles. The highest BCUT2D eigenvalue weighted by molar-refractivity contribution is 6.62. The molecule has 1 fully saturated rings. The van der Waals surface area contributed by atoms with Crippen LogP contribution in [0, 0.1) is 5.92 Å². The van der Waals surface area contributed by atoms with E-state index >= 15 is 0 Å². The van der Waals surface area contributed by atoms with E-state index in [0.717, 1.165) is 18.4 Å². The van der Waals surface area contributed by atoms with Gasteiger partial charge in [-0.05, 0) is 40.0 Å². The Balaban J connectivity index is 1.91. The van der Waals surface area contributed by atoms with E-state index in [2.05, 4.69) is 44.4 Å². The summed E-state index contributed by atoms with van der Waals surface area (Å²) in [5, 5.41) is 4.44. The predicted molar refractivity (Wildman–Crippen MR) is 70.8 cm³/mol. The first-order chi connectivity index (χ1) is 8.30. The van der Waals surface area contributed by atoms with Crippen LogP contribution in [-0.2, 0) is 22.3 Å². The summed E-state index contributed by atoms with van der Waals surface area (Å²) < 4.78 is 14.3. The first-order valence-electron chi connectivity index (χ1n) is 6.70. The maximum absolute atomic E-state index is 6.09. The Morgan fingerprint density at radius 3 is 2.50 bits per heavy atom. The number of hydrogen-bond donors (Lipinski definition) is 0. The number of fused-ring (bicyclic) bond motifs is 1. The maximum Gasteiger partial charge on any atom is 0.498 e. The molecule has 0 bridgehead atoms. The second-order valence-corrected chi connectivity index (χ2v) is 6.63. The van der Waals surface area contributed by atoms with Gasteiger partial charge in [0.25, 0.3) is 0 Å². The van der Waals surface area contributed by atoms with E-state index in [0.29, 0.717) is 5.92 Å². The van der Waals surface area contributed by atoms with Gasteiger partial charge in [0.2, 0.25) is 0 Å². The quantitative estimate of drug-likeness (QED) is 0.704. The summed E-state index contributed by atoms with van der Waals surface area (Å²) in [4.78, 5) is 0. The first-order valence-corrected chi connectivity index (χ1v) is 6.70. The predicted octanol–water partition coefficient (Wildman–Crippen LogP) is 1.37. The van der Waals surface area contributed by atoms with Crippen molar-refractivity contribution in [3.05, 3.63) is 11.9 Å². The van der Waals surface area contributed by atoms with Gasteiger partial charge >= 0.3 is 7.12 Å². The molecule has 3 rings (SSSR count). The van der Waals surface area contributed by atoms with Gasteiger partial charge in [-0.3, -0.25) is 4.68 Å². The summed E-state index contributed by atoms with van der Waals surface area (Å²) in [5.74, 6) is 0.662. The van der Waals surface area contributed by atoms with Crippen molar-refractivity contribution in [3.63, 3.8) is 0 Å². The van der Waals surface area contributed by atoms with Crippen LogP contribution in [0.1, 0.15) is 40.3 Å². The summed E-state index contributed by atoms with van der Waals surface area (Å²) in [6.07, 6.45) is 2.97. The molecule has 0 amide bonds. The largest absolute Gasteiger partial charge is 0.498 e. The molecule has 0 aromatic carbocycles. The molecule has 0 N–H and O–H groups in total. The van der Waals surface area contributed by atoms with Gasteiger partial charge < -0.3 is 9.31 Å². The van der Waals surface area contributed by atoms with Crippen molar-refractivity contribution >= 4 is 12.6 Å². The zero-order chi connectivity index (χ0) is 13.1. The van der Waals surface area contributed by atoms with Crippen molar-refractivity contribution in [2.45, 2.75) is 58.8 Å². The highest BCUT2D eigenvalue weighted by Crippen LogP contribution is 2.37. The van der Waals surface area contributed by atoms with Crippen molar-refractivity contribution in [1.82, 2.24) is 9.78 Å². The zero-order valence-electron chi connectivity index (χ0n) is 11.9. The third-order valence-corrected chi connectivity index (χ3v) is 4.51. The molecule has 0 saturated carbocycles. The Kier molecular flexibility index (Phi) is 2.45. The smallest absolute Gasteiger partial charge is 0.399 e. The van der Waals surface area contributed by atoms with Crippen LogP contribution in [0.25, 0.3) is 0 Å². The number of aromatic nitrogens is 2. The van der Waals surface area contributed by atoms with Gasteiger partial charge in [0.1, 0.15) is 0 Å². The van der Waals surface area contributed by atoms with E-state index in [1.165, 1.54) is 5.69 Å². The lowest BCUT2D eigenvalue weighted by molar-refractivity contribution is 0.00578. The third kappa shape index (κ3) is 1.64. The van der Waals surface area contributed by atoms with Gasteiger partial charge in [-0.25, -0.2) is 0 Å². The average molecular weight is 248 g/mol. The van der Waals surface area contributed by atoms with Gasteiger partial charge in [0.05, 0.1) is 11.2 Å². The Morgan fingerprint density at radius 2 is 1.89 bits per heavy atom. The van der Waals surface area contributed by atoms with Crippen LogP contribution in [0.2, 0.25) is 0 Å². The SMILES string of the molecule is CC1Cc2c(B3OC(C)(C)C(C)(C)O3)cnn2C1. The molecule has 1 aromatic heterocycles. The fourth-order valence-electron chi connectivity index (χ4n) is 2.66. The summed E-state index contributed by atoms with van der Waals surface area (Å²) in [7, 11) is -0.274. The molecule has 0 radical (unpaired) electrons. The van der Waals surface area contributed by atoms with Crippen LogP contribution in [0.4, 0.5) is 0 Å². The first kappa shape index (κ1) is 12.2. The van der Waals surface area contributed by atoms with Gasteiger partial charge in [0, 0.05) is 23.9 Å².